The van der Waals surface area contributed by atoms with Crippen LogP contribution in [0.15, 0.2) is 30.3 Å². The quantitative estimate of drug-likeness (QED) is 0.837. The Morgan fingerprint density at radius 3 is 2.68 bits per heavy atom. The summed E-state index contributed by atoms with van der Waals surface area (Å²) in [6, 6.07) is 9.97. The molecule has 3 atom stereocenters. The molecule has 1 saturated heterocycles. The van der Waals surface area contributed by atoms with Gasteiger partial charge in [-0.3, -0.25) is 9.59 Å². The Labute approximate surface area is 113 Å². The summed E-state index contributed by atoms with van der Waals surface area (Å²) in [6.07, 6.45) is 2.06. The Kier molecular flexibility index (Phi) is 2.92. The normalized spacial score (nSPS) is 34.6. The number of nitrogens with one attached hydrogen (secondary N) is 1. The van der Waals surface area contributed by atoms with Crippen molar-refractivity contribution >= 4 is 11.7 Å². The van der Waals surface area contributed by atoms with Crippen LogP contribution in [0.5, 0.6) is 0 Å². The number of fused-ring (bicyclic) bond motifs is 1. The largest absolute Gasteiger partial charge is 0.355 e. The number of Topliss-reactive ketones (excluding diaryl/α,β-unsaturated/α-hetero) is 1. The van der Waals surface area contributed by atoms with E-state index < -0.39 is 5.41 Å². The molecule has 1 N–H and O–H groups in total. The minimum atomic E-state index is -0.493. The summed E-state index contributed by atoms with van der Waals surface area (Å²) in [5.41, 5.74) is 0.573. The zero-order valence-electron chi connectivity index (χ0n) is 11.2. The van der Waals surface area contributed by atoms with Gasteiger partial charge >= 0.3 is 0 Å². The lowest BCUT2D eigenvalue weighted by Gasteiger charge is -2.48. The van der Waals surface area contributed by atoms with Crippen molar-refractivity contribution in [2.75, 3.05) is 6.54 Å². The number of piperidine rings is 1. The van der Waals surface area contributed by atoms with Crippen molar-refractivity contribution < 1.29 is 9.59 Å². The highest BCUT2D eigenvalue weighted by Crippen LogP contribution is 2.48. The highest BCUT2D eigenvalue weighted by atomic mass is 16.2. The topological polar surface area (TPSA) is 46.2 Å². The van der Waals surface area contributed by atoms with Gasteiger partial charge in [-0.1, -0.05) is 37.3 Å². The third-order valence-corrected chi connectivity index (χ3v) is 4.95. The van der Waals surface area contributed by atoms with E-state index in [1.165, 1.54) is 0 Å². The van der Waals surface area contributed by atoms with E-state index >= 15 is 0 Å². The van der Waals surface area contributed by atoms with Crippen LogP contribution >= 0.6 is 0 Å². The first-order valence-electron chi connectivity index (χ1n) is 7.03. The minimum absolute atomic E-state index is 0.0139. The Morgan fingerprint density at radius 1 is 1.21 bits per heavy atom. The number of rotatable bonds is 1. The third-order valence-electron chi connectivity index (χ3n) is 4.95. The average Bonchev–Trinajstić information content (AvgIpc) is 2.45. The molecule has 1 amide bonds. The molecular weight excluding hydrogens is 238 g/mol. The fourth-order valence-corrected chi connectivity index (χ4v) is 3.89. The first kappa shape index (κ1) is 12.4. The minimum Gasteiger partial charge on any atom is -0.355 e. The summed E-state index contributed by atoms with van der Waals surface area (Å²) in [5.74, 6) is 0.547. The summed E-state index contributed by atoms with van der Waals surface area (Å²) in [6.45, 7) is 2.68. The first-order valence-corrected chi connectivity index (χ1v) is 7.03. The van der Waals surface area contributed by atoms with Gasteiger partial charge in [-0.15, -0.1) is 0 Å². The van der Waals surface area contributed by atoms with Gasteiger partial charge in [-0.25, -0.2) is 0 Å². The van der Waals surface area contributed by atoms with Crippen molar-refractivity contribution in [2.45, 2.75) is 31.6 Å². The van der Waals surface area contributed by atoms with Crippen molar-refractivity contribution in [3.63, 3.8) is 0 Å². The van der Waals surface area contributed by atoms with E-state index in [0.717, 1.165) is 12.0 Å². The second-order valence-electron chi connectivity index (χ2n) is 5.74. The lowest BCUT2D eigenvalue weighted by atomic mass is 9.56. The summed E-state index contributed by atoms with van der Waals surface area (Å²) < 4.78 is 0. The van der Waals surface area contributed by atoms with Gasteiger partial charge in [0.05, 0.1) is 5.41 Å². The van der Waals surface area contributed by atoms with Crippen molar-refractivity contribution in [2.24, 2.45) is 11.8 Å². The molecule has 1 aromatic rings. The Morgan fingerprint density at radius 2 is 1.95 bits per heavy atom. The SMILES string of the molecule is C[C@@H]1C(=O)CCC2(c3ccccc3)C(=O)NCC[C@@H]12. The summed E-state index contributed by atoms with van der Waals surface area (Å²) in [5, 5.41) is 3.01. The van der Waals surface area contributed by atoms with Crippen molar-refractivity contribution in [1.82, 2.24) is 5.32 Å². The van der Waals surface area contributed by atoms with Crippen LogP contribution in [0.25, 0.3) is 0 Å². The van der Waals surface area contributed by atoms with Gasteiger partial charge in [0, 0.05) is 18.9 Å². The van der Waals surface area contributed by atoms with Gasteiger partial charge in [0.2, 0.25) is 5.91 Å². The average molecular weight is 257 g/mol. The first-order chi connectivity index (χ1) is 9.16. The molecule has 1 heterocycles. The fourth-order valence-electron chi connectivity index (χ4n) is 3.89. The van der Waals surface area contributed by atoms with Crippen LogP contribution in [0.1, 0.15) is 31.7 Å². The molecule has 2 fully saturated rings. The molecule has 0 bridgehead atoms. The number of amides is 1. The molecule has 3 nitrogen and oxygen atoms in total. The molecule has 1 aliphatic heterocycles. The van der Waals surface area contributed by atoms with E-state index in [9.17, 15) is 9.59 Å². The van der Waals surface area contributed by atoms with Crippen LogP contribution in [0.2, 0.25) is 0 Å². The van der Waals surface area contributed by atoms with Crippen LogP contribution in [-0.2, 0) is 15.0 Å². The van der Waals surface area contributed by atoms with E-state index in [4.69, 9.17) is 0 Å². The molecule has 2 aliphatic rings. The molecule has 1 saturated carbocycles. The second kappa shape index (κ2) is 4.48. The Hall–Kier alpha value is -1.64. The van der Waals surface area contributed by atoms with Crippen LogP contribution in [0.4, 0.5) is 0 Å². The van der Waals surface area contributed by atoms with Crippen LogP contribution in [0.3, 0.4) is 0 Å². The van der Waals surface area contributed by atoms with Crippen molar-refractivity contribution in [3.8, 4) is 0 Å². The smallest absolute Gasteiger partial charge is 0.230 e. The summed E-state index contributed by atoms with van der Waals surface area (Å²) >= 11 is 0. The predicted octanol–water partition coefficient (Wildman–Crippen LogP) is 2.06. The van der Waals surface area contributed by atoms with Gasteiger partial charge in [-0.2, -0.15) is 0 Å². The predicted molar refractivity (Wildman–Crippen MR) is 72.6 cm³/mol. The highest BCUT2D eigenvalue weighted by Gasteiger charge is 2.54. The number of benzene rings is 1. The van der Waals surface area contributed by atoms with Crippen LogP contribution < -0.4 is 5.32 Å². The van der Waals surface area contributed by atoms with Gasteiger partial charge < -0.3 is 5.32 Å². The maximum atomic E-state index is 12.6. The van der Waals surface area contributed by atoms with Gasteiger partial charge in [-0.05, 0) is 24.3 Å². The molecule has 0 spiro atoms. The number of carbonyl (C=O) groups excluding carboxylic acids is 2. The van der Waals surface area contributed by atoms with Crippen LogP contribution in [-0.4, -0.2) is 18.2 Å². The Balaban J connectivity index is 2.12. The van der Waals surface area contributed by atoms with E-state index in [0.29, 0.717) is 25.2 Å². The lowest BCUT2D eigenvalue weighted by molar-refractivity contribution is -0.140. The molecule has 100 valence electrons. The second-order valence-corrected chi connectivity index (χ2v) is 5.74. The van der Waals surface area contributed by atoms with Crippen molar-refractivity contribution in [3.05, 3.63) is 35.9 Å². The third kappa shape index (κ3) is 1.71. The van der Waals surface area contributed by atoms with E-state index in [2.05, 4.69) is 5.32 Å². The number of ketones is 1. The monoisotopic (exact) mass is 257 g/mol. The molecule has 3 rings (SSSR count). The van der Waals surface area contributed by atoms with E-state index in [-0.39, 0.29) is 17.7 Å². The van der Waals surface area contributed by atoms with E-state index in [1.807, 2.05) is 37.3 Å². The number of hydrogen-bond acceptors (Lipinski definition) is 2. The highest BCUT2D eigenvalue weighted by molar-refractivity contribution is 5.93. The molecule has 1 aliphatic carbocycles. The van der Waals surface area contributed by atoms with Crippen molar-refractivity contribution in [1.29, 1.82) is 0 Å². The molecule has 0 aromatic heterocycles. The van der Waals surface area contributed by atoms with Gasteiger partial charge in [0.25, 0.3) is 0 Å². The molecule has 1 unspecified atom stereocenters. The fraction of sp³-hybridized carbons (Fsp3) is 0.500. The molecule has 19 heavy (non-hydrogen) atoms. The maximum absolute atomic E-state index is 12.6. The Bertz CT molecular complexity index is 511. The zero-order chi connectivity index (χ0) is 13.5. The number of hydrogen-bond donors (Lipinski definition) is 1. The van der Waals surface area contributed by atoms with Crippen LogP contribution in [0, 0.1) is 11.8 Å². The molecule has 1 aromatic carbocycles. The summed E-state index contributed by atoms with van der Waals surface area (Å²) in [7, 11) is 0. The van der Waals surface area contributed by atoms with Gasteiger partial charge in [0.1, 0.15) is 5.78 Å². The van der Waals surface area contributed by atoms with Gasteiger partial charge in [0.15, 0.2) is 0 Å². The standard InChI is InChI=1S/C16H19NO2/c1-11-13-8-10-17-15(19)16(13,9-7-14(11)18)12-5-3-2-4-6-12/h2-6,11,13H,7-10H2,1H3,(H,17,19)/t11-,13-,16?/m0/s1. The molecule has 3 heteroatoms. The molecule has 0 radical (unpaired) electrons. The summed E-state index contributed by atoms with van der Waals surface area (Å²) in [4.78, 5) is 24.6. The molecular formula is C16H19NO2. The maximum Gasteiger partial charge on any atom is 0.230 e. The lowest BCUT2D eigenvalue weighted by Crippen LogP contribution is -2.59. The van der Waals surface area contributed by atoms with E-state index in [1.54, 1.807) is 0 Å². The zero-order valence-corrected chi connectivity index (χ0v) is 11.2. The number of carbonyl (C=O) groups is 2.